The number of benzene rings is 1. The summed E-state index contributed by atoms with van der Waals surface area (Å²) in [5.41, 5.74) is 0. The number of alkyl halides is 1. The van der Waals surface area contributed by atoms with Crippen LogP contribution in [-0.2, 0) is 9.53 Å². The molecule has 1 atom stereocenters. The SMILES string of the molecule is CC(Oc1ccc(O)cc1)C(=O)N1CCN(C(=O)OCCCl)CC1. The molecule has 7 nitrogen and oxygen atoms in total. The molecule has 1 unspecified atom stereocenters. The Labute approximate surface area is 145 Å². The van der Waals surface area contributed by atoms with Crippen molar-refractivity contribution in [2.24, 2.45) is 0 Å². The van der Waals surface area contributed by atoms with Gasteiger partial charge in [0, 0.05) is 26.2 Å². The molecule has 8 heteroatoms. The van der Waals surface area contributed by atoms with E-state index in [1.54, 1.807) is 28.9 Å². The first-order valence-corrected chi connectivity index (χ1v) is 8.27. The highest BCUT2D eigenvalue weighted by Crippen LogP contribution is 2.18. The minimum atomic E-state index is -0.649. The summed E-state index contributed by atoms with van der Waals surface area (Å²) in [6.45, 7) is 3.54. The van der Waals surface area contributed by atoms with Crippen LogP contribution in [0.3, 0.4) is 0 Å². The third kappa shape index (κ3) is 4.92. The Kier molecular flexibility index (Phi) is 6.54. The number of hydrogen-bond donors (Lipinski definition) is 1. The third-order valence-electron chi connectivity index (χ3n) is 3.65. The number of carbonyl (C=O) groups excluding carboxylic acids is 2. The molecule has 0 saturated carbocycles. The van der Waals surface area contributed by atoms with Crippen LogP contribution in [-0.4, -0.2) is 71.7 Å². The predicted octanol–water partition coefficient (Wildman–Crippen LogP) is 1.68. The second kappa shape index (κ2) is 8.63. The lowest BCUT2D eigenvalue weighted by Crippen LogP contribution is -2.53. The largest absolute Gasteiger partial charge is 0.508 e. The highest BCUT2D eigenvalue weighted by molar-refractivity contribution is 6.18. The molecule has 1 aromatic rings. The topological polar surface area (TPSA) is 79.3 Å². The highest BCUT2D eigenvalue weighted by atomic mass is 35.5. The van der Waals surface area contributed by atoms with Crippen LogP contribution in [0.15, 0.2) is 24.3 Å². The van der Waals surface area contributed by atoms with Gasteiger partial charge in [-0.2, -0.15) is 0 Å². The fourth-order valence-electron chi connectivity index (χ4n) is 2.36. The van der Waals surface area contributed by atoms with Gasteiger partial charge in [-0.05, 0) is 31.2 Å². The number of piperazine rings is 1. The smallest absolute Gasteiger partial charge is 0.409 e. The summed E-state index contributed by atoms with van der Waals surface area (Å²) in [6, 6.07) is 6.20. The highest BCUT2D eigenvalue weighted by Gasteiger charge is 2.28. The first-order valence-electron chi connectivity index (χ1n) is 7.73. The average Bonchev–Trinajstić information content (AvgIpc) is 2.61. The van der Waals surface area contributed by atoms with E-state index >= 15 is 0 Å². The van der Waals surface area contributed by atoms with Crippen molar-refractivity contribution in [2.75, 3.05) is 38.7 Å². The maximum absolute atomic E-state index is 12.4. The van der Waals surface area contributed by atoms with Crippen LogP contribution >= 0.6 is 11.6 Å². The molecule has 2 rings (SSSR count). The van der Waals surface area contributed by atoms with Gasteiger partial charge in [0.15, 0.2) is 6.10 Å². The Bertz CT molecular complexity index is 558. The number of carbonyl (C=O) groups is 2. The van der Waals surface area contributed by atoms with Crippen LogP contribution in [0.25, 0.3) is 0 Å². The van der Waals surface area contributed by atoms with Crippen molar-refractivity contribution in [3.05, 3.63) is 24.3 Å². The Morgan fingerprint density at radius 1 is 1.17 bits per heavy atom. The molecule has 1 fully saturated rings. The number of amides is 2. The normalized spacial score (nSPS) is 15.8. The number of rotatable bonds is 5. The second-order valence-corrected chi connectivity index (χ2v) is 5.75. The molecule has 1 heterocycles. The first kappa shape index (κ1) is 18.2. The third-order valence-corrected chi connectivity index (χ3v) is 3.80. The van der Waals surface area contributed by atoms with Gasteiger partial charge in [0.25, 0.3) is 5.91 Å². The lowest BCUT2D eigenvalue weighted by molar-refractivity contribution is -0.139. The van der Waals surface area contributed by atoms with E-state index in [0.717, 1.165) is 0 Å². The summed E-state index contributed by atoms with van der Waals surface area (Å²) in [5.74, 6) is 0.767. The molecule has 0 spiro atoms. The second-order valence-electron chi connectivity index (χ2n) is 5.37. The summed E-state index contributed by atoms with van der Waals surface area (Å²) in [6.07, 6.45) is -1.06. The zero-order valence-corrected chi connectivity index (χ0v) is 14.2. The van der Waals surface area contributed by atoms with Crippen LogP contribution in [0.1, 0.15) is 6.92 Å². The lowest BCUT2D eigenvalue weighted by atomic mass is 10.2. The van der Waals surface area contributed by atoms with E-state index in [4.69, 9.17) is 21.1 Å². The molecular formula is C16H21ClN2O5. The molecular weight excluding hydrogens is 336 g/mol. The zero-order chi connectivity index (χ0) is 17.5. The van der Waals surface area contributed by atoms with Crippen molar-refractivity contribution in [1.82, 2.24) is 9.80 Å². The fraction of sp³-hybridized carbons (Fsp3) is 0.500. The first-order chi connectivity index (χ1) is 11.5. The van der Waals surface area contributed by atoms with E-state index in [1.807, 2.05) is 0 Å². The average molecular weight is 357 g/mol. The maximum Gasteiger partial charge on any atom is 0.409 e. The van der Waals surface area contributed by atoms with Gasteiger partial charge in [-0.15, -0.1) is 11.6 Å². The predicted molar refractivity (Wildman–Crippen MR) is 88.4 cm³/mol. The lowest BCUT2D eigenvalue weighted by Gasteiger charge is -2.35. The number of phenols is 1. The molecule has 1 saturated heterocycles. The van der Waals surface area contributed by atoms with E-state index < -0.39 is 12.2 Å². The standard InChI is InChI=1S/C16H21ClN2O5/c1-12(24-14-4-2-13(20)3-5-14)15(21)18-7-9-19(10-8-18)16(22)23-11-6-17/h2-5,12,20H,6-11H2,1H3. The van der Waals surface area contributed by atoms with Gasteiger partial charge in [-0.25, -0.2) is 4.79 Å². The van der Waals surface area contributed by atoms with Crippen molar-refractivity contribution in [3.8, 4) is 11.5 Å². The Morgan fingerprint density at radius 3 is 2.33 bits per heavy atom. The molecule has 0 aliphatic carbocycles. The van der Waals surface area contributed by atoms with E-state index in [0.29, 0.717) is 31.9 Å². The quantitative estimate of drug-likeness (QED) is 0.812. The van der Waals surface area contributed by atoms with Crippen molar-refractivity contribution < 1.29 is 24.2 Å². The minimum Gasteiger partial charge on any atom is -0.508 e. The van der Waals surface area contributed by atoms with Gasteiger partial charge >= 0.3 is 6.09 Å². The minimum absolute atomic E-state index is 0.138. The molecule has 1 N–H and O–H groups in total. The summed E-state index contributed by atoms with van der Waals surface area (Å²) >= 11 is 5.48. The molecule has 0 bridgehead atoms. The summed E-state index contributed by atoms with van der Waals surface area (Å²) < 4.78 is 10.6. The van der Waals surface area contributed by atoms with Crippen LogP contribution in [0.5, 0.6) is 11.5 Å². The van der Waals surface area contributed by atoms with Crippen LogP contribution < -0.4 is 4.74 Å². The van der Waals surface area contributed by atoms with E-state index in [9.17, 15) is 14.7 Å². The number of hydrogen-bond acceptors (Lipinski definition) is 5. The number of ether oxygens (including phenoxy) is 2. The number of aromatic hydroxyl groups is 1. The Hall–Kier alpha value is -2.15. The monoisotopic (exact) mass is 356 g/mol. The van der Waals surface area contributed by atoms with Crippen LogP contribution in [0, 0.1) is 0 Å². The summed E-state index contributed by atoms with van der Waals surface area (Å²) in [7, 11) is 0. The fourth-order valence-corrected chi connectivity index (χ4v) is 2.44. The number of halogens is 1. The number of nitrogens with zero attached hydrogens (tertiary/aromatic N) is 2. The number of phenolic OH excluding ortho intramolecular Hbond substituents is 1. The van der Waals surface area contributed by atoms with Gasteiger partial charge < -0.3 is 24.4 Å². The van der Waals surface area contributed by atoms with E-state index in [-0.39, 0.29) is 24.1 Å². The van der Waals surface area contributed by atoms with Gasteiger partial charge in [0.05, 0.1) is 5.88 Å². The molecule has 1 aromatic carbocycles. The van der Waals surface area contributed by atoms with Crippen molar-refractivity contribution in [2.45, 2.75) is 13.0 Å². The van der Waals surface area contributed by atoms with E-state index in [1.165, 1.54) is 12.1 Å². The molecule has 24 heavy (non-hydrogen) atoms. The van der Waals surface area contributed by atoms with Gasteiger partial charge in [0.2, 0.25) is 0 Å². The van der Waals surface area contributed by atoms with Gasteiger partial charge in [0.1, 0.15) is 18.1 Å². The molecule has 0 aromatic heterocycles. The zero-order valence-electron chi connectivity index (χ0n) is 13.5. The van der Waals surface area contributed by atoms with Gasteiger partial charge in [-0.1, -0.05) is 0 Å². The molecule has 132 valence electrons. The summed E-state index contributed by atoms with van der Waals surface area (Å²) in [5, 5.41) is 9.25. The Balaban J connectivity index is 1.81. The van der Waals surface area contributed by atoms with Crippen molar-refractivity contribution in [3.63, 3.8) is 0 Å². The Morgan fingerprint density at radius 2 is 1.75 bits per heavy atom. The van der Waals surface area contributed by atoms with Crippen molar-refractivity contribution >= 4 is 23.6 Å². The van der Waals surface area contributed by atoms with Crippen LogP contribution in [0.2, 0.25) is 0 Å². The molecule has 2 amide bonds. The van der Waals surface area contributed by atoms with Crippen molar-refractivity contribution in [1.29, 1.82) is 0 Å². The van der Waals surface area contributed by atoms with Crippen LogP contribution in [0.4, 0.5) is 4.79 Å². The molecule has 0 radical (unpaired) electrons. The molecule has 1 aliphatic heterocycles. The maximum atomic E-state index is 12.4. The van der Waals surface area contributed by atoms with E-state index in [2.05, 4.69) is 0 Å². The molecule has 1 aliphatic rings. The van der Waals surface area contributed by atoms with Gasteiger partial charge in [-0.3, -0.25) is 4.79 Å². The summed E-state index contributed by atoms with van der Waals surface area (Å²) in [4.78, 5) is 27.4.